The van der Waals surface area contributed by atoms with Gasteiger partial charge in [0.15, 0.2) is 0 Å². The Balaban J connectivity index is 4.04. The van der Waals surface area contributed by atoms with Crippen molar-refractivity contribution in [2.24, 2.45) is 0 Å². The molecule has 0 bridgehead atoms. The van der Waals surface area contributed by atoms with Crippen LogP contribution in [0.1, 0.15) is 174 Å². The number of hydrogen-bond donors (Lipinski definition) is 2. The lowest BCUT2D eigenvalue weighted by molar-refractivity contribution is -0.147. The van der Waals surface area contributed by atoms with Crippen molar-refractivity contribution in [2.45, 2.75) is 180 Å². The zero-order valence-electron chi connectivity index (χ0n) is 27.4. The second-order valence-corrected chi connectivity index (χ2v) is 11.8. The van der Waals surface area contributed by atoms with Crippen molar-refractivity contribution in [1.82, 2.24) is 5.32 Å². The van der Waals surface area contributed by atoms with E-state index in [4.69, 9.17) is 9.84 Å². The Labute approximate surface area is 258 Å². The highest BCUT2D eigenvalue weighted by molar-refractivity contribution is 5.80. The molecule has 6 nitrogen and oxygen atoms in total. The molecule has 1 atom stereocenters. The smallest absolute Gasteiger partial charge is 0.322 e. The number of esters is 1. The number of unbranched alkanes of at least 4 members (excludes halogenated alkanes) is 18. The van der Waals surface area contributed by atoms with Crippen LogP contribution in [0.25, 0.3) is 0 Å². The molecule has 0 spiro atoms. The first kappa shape index (κ1) is 39.9. The van der Waals surface area contributed by atoms with Crippen molar-refractivity contribution in [3.05, 3.63) is 24.3 Å². The van der Waals surface area contributed by atoms with Gasteiger partial charge in [-0.15, -0.1) is 0 Å². The van der Waals surface area contributed by atoms with Crippen LogP contribution in [0.2, 0.25) is 0 Å². The maximum atomic E-state index is 12.5. The number of nitrogens with one attached hydrogen (secondary N) is 1. The van der Waals surface area contributed by atoms with Crippen LogP contribution in [0, 0.1) is 0 Å². The number of aliphatic carboxylic acids is 1. The highest BCUT2D eigenvalue weighted by Gasteiger charge is 2.11. The van der Waals surface area contributed by atoms with Gasteiger partial charge in [-0.25, -0.2) is 0 Å². The van der Waals surface area contributed by atoms with Crippen molar-refractivity contribution in [1.29, 1.82) is 0 Å². The van der Waals surface area contributed by atoms with E-state index in [1.165, 1.54) is 83.5 Å². The Kier molecular flexibility index (Phi) is 30.2. The van der Waals surface area contributed by atoms with Gasteiger partial charge in [-0.3, -0.25) is 14.4 Å². The monoisotopic (exact) mass is 591 g/mol. The van der Waals surface area contributed by atoms with Gasteiger partial charge in [-0.2, -0.15) is 0 Å². The standard InChI is InChI=1S/C36H65NO5/c1-3-5-7-9-11-12-13-14-15-16-17-18-19-21-27-31-36(41)42-33(28-24-20-10-8-6-4-2)29-25-22-23-26-30-34(38)37-32-35(39)40/h8,10,24,28,33H,3-7,9,11-23,25-27,29-32H2,1-2H3,(H,37,38)(H,39,40)/b10-8-,28-24-. The fourth-order valence-electron chi connectivity index (χ4n) is 5.00. The third-order valence-corrected chi connectivity index (χ3v) is 7.59. The number of carboxylic acid groups (broad SMARTS) is 1. The second-order valence-electron chi connectivity index (χ2n) is 11.8. The summed E-state index contributed by atoms with van der Waals surface area (Å²) in [7, 11) is 0. The molecule has 0 saturated heterocycles. The van der Waals surface area contributed by atoms with Gasteiger partial charge in [-0.1, -0.05) is 141 Å². The van der Waals surface area contributed by atoms with Gasteiger partial charge < -0.3 is 15.2 Å². The van der Waals surface area contributed by atoms with Gasteiger partial charge in [0.25, 0.3) is 0 Å². The van der Waals surface area contributed by atoms with E-state index in [0.717, 1.165) is 64.2 Å². The van der Waals surface area contributed by atoms with E-state index in [1.807, 2.05) is 6.08 Å². The number of allylic oxidation sites excluding steroid dienone is 3. The Morgan fingerprint density at radius 1 is 0.643 bits per heavy atom. The molecule has 0 aromatic rings. The molecule has 0 radical (unpaired) electrons. The molecule has 2 N–H and O–H groups in total. The molecule has 6 heteroatoms. The maximum Gasteiger partial charge on any atom is 0.322 e. The summed E-state index contributed by atoms with van der Waals surface area (Å²) in [5.41, 5.74) is 0. The molecule has 0 aliphatic heterocycles. The summed E-state index contributed by atoms with van der Waals surface area (Å²) in [5.74, 6) is -1.35. The van der Waals surface area contributed by atoms with Gasteiger partial charge in [-0.05, 0) is 44.6 Å². The lowest BCUT2D eigenvalue weighted by atomic mass is 10.0. The normalized spacial score (nSPS) is 12.2. The largest absolute Gasteiger partial charge is 0.480 e. The molecule has 0 aliphatic carbocycles. The summed E-state index contributed by atoms with van der Waals surface area (Å²) >= 11 is 0. The van der Waals surface area contributed by atoms with E-state index in [2.05, 4.69) is 37.4 Å². The number of carbonyl (C=O) groups excluding carboxylic acids is 2. The predicted octanol–water partition coefficient (Wildman–Crippen LogP) is 10.0. The highest BCUT2D eigenvalue weighted by atomic mass is 16.5. The zero-order chi connectivity index (χ0) is 30.9. The van der Waals surface area contributed by atoms with E-state index in [9.17, 15) is 14.4 Å². The van der Waals surface area contributed by atoms with Gasteiger partial charge in [0.1, 0.15) is 12.6 Å². The SMILES string of the molecule is CCC/C=C\C/C=C\C(CCCCCCC(=O)NCC(=O)O)OC(=O)CCCCCCCCCCCCCCCCC. The third kappa shape index (κ3) is 30.8. The number of amides is 1. The van der Waals surface area contributed by atoms with Gasteiger partial charge in [0.05, 0.1) is 0 Å². The minimum Gasteiger partial charge on any atom is -0.480 e. The van der Waals surface area contributed by atoms with Crippen LogP contribution in [0.5, 0.6) is 0 Å². The second kappa shape index (κ2) is 31.8. The molecule has 244 valence electrons. The van der Waals surface area contributed by atoms with E-state index >= 15 is 0 Å². The highest BCUT2D eigenvalue weighted by Crippen LogP contribution is 2.16. The topological polar surface area (TPSA) is 92.7 Å². The summed E-state index contributed by atoms with van der Waals surface area (Å²) in [5, 5.41) is 11.0. The van der Waals surface area contributed by atoms with Crippen LogP contribution < -0.4 is 5.32 Å². The van der Waals surface area contributed by atoms with E-state index in [-0.39, 0.29) is 24.5 Å². The predicted molar refractivity (Wildman–Crippen MR) is 176 cm³/mol. The van der Waals surface area contributed by atoms with Gasteiger partial charge in [0.2, 0.25) is 5.91 Å². The van der Waals surface area contributed by atoms with Crippen LogP contribution in [0.15, 0.2) is 24.3 Å². The number of ether oxygens (including phenoxy) is 1. The van der Waals surface area contributed by atoms with E-state index in [0.29, 0.717) is 12.8 Å². The maximum absolute atomic E-state index is 12.5. The molecule has 42 heavy (non-hydrogen) atoms. The van der Waals surface area contributed by atoms with Crippen LogP contribution in [-0.4, -0.2) is 35.6 Å². The summed E-state index contributed by atoms with van der Waals surface area (Å²) in [6.07, 6.45) is 36.1. The summed E-state index contributed by atoms with van der Waals surface area (Å²) < 4.78 is 5.83. The van der Waals surface area contributed by atoms with Crippen molar-refractivity contribution in [2.75, 3.05) is 6.54 Å². The third-order valence-electron chi connectivity index (χ3n) is 7.59. The average Bonchev–Trinajstić information content (AvgIpc) is 2.97. The Hall–Kier alpha value is -2.11. The molecule has 0 saturated carbocycles. The Bertz CT molecular complexity index is 703. The number of carboxylic acids is 1. The minimum atomic E-state index is -1.03. The van der Waals surface area contributed by atoms with Gasteiger partial charge in [0, 0.05) is 12.8 Å². The molecule has 0 aromatic heterocycles. The Morgan fingerprint density at radius 2 is 1.17 bits per heavy atom. The average molecular weight is 592 g/mol. The number of hydrogen-bond acceptors (Lipinski definition) is 4. The lowest BCUT2D eigenvalue weighted by Gasteiger charge is -2.14. The molecule has 1 amide bonds. The van der Waals surface area contributed by atoms with Crippen molar-refractivity contribution in [3.8, 4) is 0 Å². The lowest BCUT2D eigenvalue weighted by Crippen LogP contribution is -2.28. The van der Waals surface area contributed by atoms with Crippen LogP contribution in [0.3, 0.4) is 0 Å². The molecule has 0 rings (SSSR count). The molecule has 0 fully saturated rings. The molecular weight excluding hydrogens is 526 g/mol. The molecule has 0 aromatic carbocycles. The summed E-state index contributed by atoms with van der Waals surface area (Å²) in [6, 6.07) is 0. The van der Waals surface area contributed by atoms with E-state index < -0.39 is 5.97 Å². The fraction of sp³-hybridized carbons (Fsp3) is 0.806. The first-order valence-electron chi connectivity index (χ1n) is 17.5. The molecular formula is C36H65NO5. The van der Waals surface area contributed by atoms with Crippen LogP contribution in [0.4, 0.5) is 0 Å². The van der Waals surface area contributed by atoms with Crippen LogP contribution in [-0.2, 0) is 19.1 Å². The van der Waals surface area contributed by atoms with Crippen LogP contribution >= 0.6 is 0 Å². The molecule has 1 unspecified atom stereocenters. The summed E-state index contributed by atoms with van der Waals surface area (Å²) in [4.78, 5) is 34.7. The Morgan fingerprint density at radius 3 is 1.71 bits per heavy atom. The van der Waals surface area contributed by atoms with Crippen molar-refractivity contribution in [3.63, 3.8) is 0 Å². The number of rotatable bonds is 31. The molecule has 0 aliphatic rings. The first-order valence-corrected chi connectivity index (χ1v) is 17.5. The number of carbonyl (C=O) groups is 3. The fourth-order valence-corrected chi connectivity index (χ4v) is 5.00. The van der Waals surface area contributed by atoms with Gasteiger partial charge >= 0.3 is 11.9 Å². The van der Waals surface area contributed by atoms with Crippen molar-refractivity contribution < 1.29 is 24.2 Å². The minimum absolute atomic E-state index is 0.101. The zero-order valence-corrected chi connectivity index (χ0v) is 27.4. The van der Waals surface area contributed by atoms with E-state index in [1.54, 1.807) is 0 Å². The molecule has 0 heterocycles. The quantitative estimate of drug-likeness (QED) is 0.0475. The summed E-state index contributed by atoms with van der Waals surface area (Å²) in [6.45, 7) is 4.11. The first-order chi connectivity index (χ1) is 20.5. The van der Waals surface area contributed by atoms with Crippen molar-refractivity contribution >= 4 is 17.8 Å².